The molecular formula is C11H20N2O3. The van der Waals surface area contributed by atoms with Gasteiger partial charge in [0.05, 0.1) is 6.61 Å². The lowest BCUT2D eigenvalue weighted by molar-refractivity contribution is -0.154. The second-order valence-corrected chi connectivity index (χ2v) is 3.88. The molecule has 0 radical (unpaired) electrons. The summed E-state index contributed by atoms with van der Waals surface area (Å²) in [4.78, 5) is 24.5. The third-order valence-electron chi connectivity index (χ3n) is 2.60. The molecule has 0 bridgehead atoms. The number of nitrogens with one attached hydrogen (secondary N) is 1. The van der Waals surface area contributed by atoms with Crippen molar-refractivity contribution in [2.24, 2.45) is 0 Å². The van der Waals surface area contributed by atoms with Crippen molar-refractivity contribution >= 4 is 11.9 Å². The highest BCUT2D eigenvalue weighted by molar-refractivity contribution is 6.32. The van der Waals surface area contributed by atoms with E-state index in [-0.39, 0.29) is 6.61 Å². The fraction of sp³-hybridized carbons (Fsp3) is 0.818. The largest absolute Gasteiger partial charge is 0.459 e. The number of hydrogen-bond acceptors (Lipinski definition) is 4. The van der Waals surface area contributed by atoms with Gasteiger partial charge in [0.25, 0.3) is 0 Å². The maximum absolute atomic E-state index is 11.1. The molecule has 0 spiro atoms. The van der Waals surface area contributed by atoms with Gasteiger partial charge in [0.2, 0.25) is 0 Å². The highest BCUT2D eigenvalue weighted by Gasteiger charge is 2.14. The Morgan fingerprint density at radius 2 is 2.00 bits per heavy atom. The first kappa shape index (κ1) is 13.0. The lowest BCUT2D eigenvalue weighted by Crippen LogP contribution is -2.34. The topological polar surface area (TPSA) is 58.6 Å². The molecule has 0 atom stereocenters. The Hall–Kier alpha value is -1.10. The zero-order valence-corrected chi connectivity index (χ0v) is 9.83. The summed E-state index contributed by atoms with van der Waals surface area (Å²) in [6.45, 7) is 5.76. The predicted octanol–water partition coefficient (Wildman–Crippen LogP) is 0.152. The van der Waals surface area contributed by atoms with Gasteiger partial charge in [-0.05, 0) is 45.8 Å². The van der Waals surface area contributed by atoms with Gasteiger partial charge in [-0.1, -0.05) is 0 Å². The second-order valence-electron chi connectivity index (χ2n) is 3.88. The van der Waals surface area contributed by atoms with Gasteiger partial charge >= 0.3 is 11.9 Å². The Balaban J connectivity index is 2.01. The summed E-state index contributed by atoms with van der Waals surface area (Å²) < 4.78 is 4.57. The predicted molar refractivity (Wildman–Crippen MR) is 59.9 cm³/mol. The van der Waals surface area contributed by atoms with Crippen LogP contribution in [0.15, 0.2) is 0 Å². The van der Waals surface area contributed by atoms with Crippen molar-refractivity contribution in [1.29, 1.82) is 0 Å². The lowest BCUT2D eigenvalue weighted by Gasteiger charge is -2.13. The number of carbonyl (C=O) groups excluding carboxylic acids is 2. The van der Waals surface area contributed by atoms with Crippen molar-refractivity contribution in [3.63, 3.8) is 0 Å². The molecule has 5 nitrogen and oxygen atoms in total. The van der Waals surface area contributed by atoms with E-state index in [4.69, 9.17) is 0 Å². The Bertz CT molecular complexity index is 237. The summed E-state index contributed by atoms with van der Waals surface area (Å²) in [6.07, 6.45) is 3.43. The van der Waals surface area contributed by atoms with Gasteiger partial charge in [0.1, 0.15) is 0 Å². The molecule has 0 aliphatic carbocycles. The summed E-state index contributed by atoms with van der Waals surface area (Å²) in [7, 11) is 0. The van der Waals surface area contributed by atoms with Gasteiger partial charge in [-0.2, -0.15) is 0 Å². The van der Waals surface area contributed by atoms with Gasteiger partial charge in [0, 0.05) is 6.54 Å². The van der Waals surface area contributed by atoms with Crippen molar-refractivity contribution in [1.82, 2.24) is 10.2 Å². The zero-order valence-electron chi connectivity index (χ0n) is 9.83. The minimum Gasteiger partial charge on any atom is -0.459 e. The van der Waals surface area contributed by atoms with Crippen LogP contribution in [0.1, 0.15) is 26.2 Å². The maximum Gasteiger partial charge on any atom is 0.396 e. The van der Waals surface area contributed by atoms with Gasteiger partial charge in [-0.3, -0.25) is 4.79 Å². The number of ether oxygens (including phenoxy) is 1. The molecule has 16 heavy (non-hydrogen) atoms. The monoisotopic (exact) mass is 228 g/mol. The molecular weight excluding hydrogens is 208 g/mol. The fourth-order valence-electron chi connectivity index (χ4n) is 1.78. The number of carbonyl (C=O) groups is 2. The first-order valence-corrected chi connectivity index (χ1v) is 5.91. The Morgan fingerprint density at radius 3 is 2.62 bits per heavy atom. The lowest BCUT2D eigenvalue weighted by atomic mass is 10.4. The normalized spacial score (nSPS) is 16.1. The molecule has 1 rings (SSSR count). The Kier molecular flexibility index (Phi) is 5.85. The van der Waals surface area contributed by atoms with E-state index in [1.165, 1.54) is 12.8 Å². The summed E-state index contributed by atoms with van der Waals surface area (Å²) in [5.41, 5.74) is 0. The first-order chi connectivity index (χ1) is 7.74. The van der Waals surface area contributed by atoms with E-state index < -0.39 is 11.9 Å². The van der Waals surface area contributed by atoms with E-state index in [9.17, 15) is 9.59 Å². The van der Waals surface area contributed by atoms with Crippen LogP contribution in [0.3, 0.4) is 0 Å². The zero-order chi connectivity index (χ0) is 11.8. The molecule has 0 aromatic carbocycles. The second kappa shape index (κ2) is 7.22. The number of amides is 1. The number of esters is 1. The third-order valence-corrected chi connectivity index (χ3v) is 2.60. The standard InChI is InChI=1S/C11H20N2O3/c1-2-16-11(15)10(14)12-6-5-9-13-7-3-4-8-13/h2-9H2,1H3,(H,12,14). The SMILES string of the molecule is CCOC(=O)C(=O)NCCCN1CCCC1. The molecule has 1 saturated heterocycles. The number of likely N-dealkylation sites (tertiary alicyclic amines) is 1. The molecule has 1 N–H and O–H groups in total. The molecule has 0 aromatic heterocycles. The van der Waals surface area contributed by atoms with Crippen molar-refractivity contribution in [2.75, 3.05) is 32.8 Å². The molecule has 1 aliphatic rings. The van der Waals surface area contributed by atoms with E-state index in [1.807, 2.05) is 0 Å². The minimum atomic E-state index is -0.788. The molecule has 5 heteroatoms. The highest BCUT2D eigenvalue weighted by atomic mass is 16.5. The molecule has 1 fully saturated rings. The van der Waals surface area contributed by atoms with Gasteiger partial charge in [-0.25, -0.2) is 4.79 Å². The first-order valence-electron chi connectivity index (χ1n) is 5.91. The van der Waals surface area contributed by atoms with E-state index in [2.05, 4.69) is 15.0 Å². The molecule has 0 aromatic rings. The van der Waals surface area contributed by atoms with Crippen LogP contribution in [-0.2, 0) is 14.3 Å². The number of nitrogens with zero attached hydrogens (tertiary/aromatic N) is 1. The summed E-state index contributed by atoms with van der Waals surface area (Å²) in [6, 6.07) is 0. The molecule has 0 unspecified atom stereocenters. The quantitative estimate of drug-likeness (QED) is 0.413. The average Bonchev–Trinajstić information content (AvgIpc) is 2.77. The van der Waals surface area contributed by atoms with Crippen molar-refractivity contribution in [3.8, 4) is 0 Å². The fourth-order valence-corrected chi connectivity index (χ4v) is 1.78. The third kappa shape index (κ3) is 4.61. The van der Waals surface area contributed by atoms with E-state index in [0.717, 1.165) is 26.1 Å². The van der Waals surface area contributed by atoms with Gasteiger partial charge in [0.15, 0.2) is 0 Å². The molecule has 1 heterocycles. The van der Waals surface area contributed by atoms with Crippen LogP contribution < -0.4 is 5.32 Å². The summed E-state index contributed by atoms with van der Waals surface area (Å²) in [5.74, 6) is -1.42. The minimum absolute atomic E-state index is 0.236. The summed E-state index contributed by atoms with van der Waals surface area (Å²) in [5, 5.41) is 2.55. The van der Waals surface area contributed by atoms with Crippen molar-refractivity contribution < 1.29 is 14.3 Å². The Morgan fingerprint density at radius 1 is 1.31 bits per heavy atom. The van der Waals surface area contributed by atoms with Crippen LogP contribution in [0.4, 0.5) is 0 Å². The average molecular weight is 228 g/mol. The van der Waals surface area contributed by atoms with Crippen LogP contribution in [0.2, 0.25) is 0 Å². The highest BCUT2D eigenvalue weighted by Crippen LogP contribution is 2.06. The van der Waals surface area contributed by atoms with Crippen molar-refractivity contribution in [2.45, 2.75) is 26.2 Å². The number of hydrogen-bond donors (Lipinski definition) is 1. The van der Waals surface area contributed by atoms with E-state index in [0.29, 0.717) is 6.54 Å². The molecule has 1 aliphatic heterocycles. The van der Waals surface area contributed by atoms with E-state index in [1.54, 1.807) is 6.92 Å². The van der Waals surface area contributed by atoms with Crippen LogP contribution >= 0.6 is 0 Å². The van der Waals surface area contributed by atoms with Crippen LogP contribution in [-0.4, -0.2) is 49.6 Å². The van der Waals surface area contributed by atoms with Gasteiger partial charge in [-0.15, -0.1) is 0 Å². The molecule has 92 valence electrons. The van der Waals surface area contributed by atoms with Crippen LogP contribution in [0.25, 0.3) is 0 Å². The number of rotatable bonds is 5. The molecule has 0 saturated carbocycles. The van der Waals surface area contributed by atoms with Crippen LogP contribution in [0.5, 0.6) is 0 Å². The maximum atomic E-state index is 11.1. The van der Waals surface area contributed by atoms with Gasteiger partial charge < -0.3 is 15.0 Å². The Labute approximate surface area is 96.1 Å². The van der Waals surface area contributed by atoms with Crippen molar-refractivity contribution in [3.05, 3.63) is 0 Å². The molecule has 1 amide bonds. The smallest absolute Gasteiger partial charge is 0.396 e. The van der Waals surface area contributed by atoms with E-state index >= 15 is 0 Å². The summed E-state index contributed by atoms with van der Waals surface area (Å²) >= 11 is 0. The van der Waals surface area contributed by atoms with Crippen LogP contribution in [0, 0.1) is 0 Å².